The van der Waals surface area contributed by atoms with E-state index in [1.54, 1.807) is 6.07 Å². The number of piperidine rings is 1. The van der Waals surface area contributed by atoms with E-state index in [0.717, 1.165) is 51.0 Å². The van der Waals surface area contributed by atoms with Gasteiger partial charge in [0, 0.05) is 31.3 Å². The van der Waals surface area contributed by atoms with Crippen LogP contribution in [0.25, 0.3) is 0 Å². The van der Waals surface area contributed by atoms with Gasteiger partial charge < -0.3 is 15.1 Å². The van der Waals surface area contributed by atoms with Crippen LogP contribution in [0.5, 0.6) is 5.75 Å². The SMILES string of the molecule is Cc1ccc(O)c(CN2CCC(N(C)CCCO)CC2)c1. The summed E-state index contributed by atoms with van der Waals surface area (Å²) in [5.74, 6) is 0.405. The van der Waals surface area contributed by atoms with E-state index < -0.39 is 0 Å². The molecule has 1 aliphatic rings. The van der Waals surface area contributed by atoms with E-state index >= 15 is 0 Å². The monoisotopic (exact) mass is 292 g/mol. The van der Waals surface area contributed by atoms with E-state index in [0.29, 0.717) is 11.8 Å². The van der Waals surface area contributed by atoms with Gasteiger partial charge in [-0.05, 0) is 52.4 Å². The lowest BCUT2D eigenvalue weighted by molar-refractivity contribution is 0.117. The highest BCUT2D eigenvalue weighted by Crippen LogP contribution is 2.23. The van der Waals surface area contributed by atoms with E-state index in [1.807, 2.05) is 6.07 Å². The second-order valence-corrected chi connectivity index (χ2v) is 6.20. The van der Waals surface area contributed by atoms with Crippen LogP contribution in [0.1, 0.15) is 30.4 Å². The normalized spacial score (nSPS) is 17.5. The van der Waals surface area contributed by atoms with Crippen molar-refractivity contribution in [1.82, 2.24) is 9.80 Å². The molecule has 0 unspecified atom stereocenters. The maximum absolute atomic E-state index is 9.94. The number of aromatic hydroxyl groups is 1. The molecule has 0 saturated carbocycles. The van der Waals surface area contributed by atoms with Crippen LogP contribution in [0.4, 0.5) is 0 Å². The third-order valence-corrected chi connectivity index (χ3v) is 4.48. The van der Waals surface area contributed by atoms with E-state index in [9.17, 15) is 5.11 Å². The Hall–Kier alpha value is -1.10. The molecule has 0 aliphatic carbocycles. The second kappa shape index (κ2) is 7.78. The van der Waals surface area contributed by atoms with Crippen LogP contribution < -0.4 is 0 Å². The van der Waals surface area contributed by atoms with Gasteiger partial charge >= 0.3 is 0 Å². The Morgan fingerprint density at radius 3 is 2.67 bits per heavy atom. The predicted molar refractivity (Wildman–Crippen MR) is 85.5 cm³/mol. The Bertz CT molecular complexity index is 442. The fraction of sp³-hybridized carbons (Fsp3) is 0.647. The summed E-state index contributed by atoms with van der Waals surface area (Å²) in [7, 11) is 2.16. The first-order valence-corrected chi connectivity index (χ1v) is 7.92. The molecule has 1 fully saturated rings. The molecule has 4 nitrogen and oxygen atoms in total. The highest BCUT2D eigenvalue weighted by atomic mass is 16.3. The van der Waals surface area contributed by atoms with Crippen molar-refractivity contribution in [3.05, 3.63) is 29.3 Å². The number of phenols is 1. The van der Waals surface area contributed by atoms with Crippen molar-refractivity contribution in [1.29, 1.82) is 0 Å². The second-order valence-electron chi connectivity index (χ2n) is 6.20. The van der Waals surface area contributed by atoms with Crippen molar-refractivity contribution < 1.29 is 10.2 Å². The minimum atomic E-state index is 0.274. The summed E-state index contributed by atoms with van der Waals surface area (Å²) in [5, 5.41) is 18.9. The summed E-state index contributed by atoms with van der Waals surface area (Å²) in [6.45, 7) is 6.28. The molecule has 21 heavy (non-hydrogen) atoms. The molecule has 1 heterocycles. The summed E-state index contributed by atoms with van der Waals surface area (Å²) in [6.07, 6.45) is 3.18. The lowest BCUT2D eigenvalue weighted by Gasteiger charge is -2.36. The molecule has 0 radical (unpaired) electrons. The van der Waals surface area contributed by atoms with Gasteiger partial charge in [0.2, 0.25) is 0 Å². The third-order valence-electron chi connectivity index (χ3n) is 4.48. The van der Waals surface area contributed by atoms with Gasteiger partial charge in [0.15, 0.2) is 0 Å². The van der Waals surface area contributed by atoms with Gasteiger partial charge in [0.05, 0.1) is 0 Å². The number of aryl methyl sites for hydroxylation is 1. The van der Waals surface area contributed by atoms with E-state index in [1.165, 1.54) is 5.56 Å². The molecule has 0 atom stereocenters. The van der Waals surface area contributed by atoms with Crippen molar-refractivity contribution in [3.63, 3.8) is 0 Å². The quantitative estimate of drug-likeness (QED) is 0.841. The number of benzene rings is 1. The smallest absolute Gasteiger partial charge is 0.120 e. The van der Waals surface area contributed by atoms with Crippen molar-refractivity contribution in [2.75, 3.05) is 33.3 Å². The first kappa shape index (κ1) is 16.3. The molecule has 2 N–H and O–H groups in total. The first-order chi connectivity index (χ1) is 10.1. The van der Waals surface area contributed by atoms with Gasteiger partial charge in [-0.1, -0.05) is 17.7 Å². The van der Waals surface area contributed by atoms with Gasteiger partial charge in [-0.3, -0.25) is 4.90 Å². The summed E-state index contributed by atoms with van der Waals surface area (Å²) < 4.78 is 0. The van der Waals surface area contributed by atoms with Crippen LogP contribution in [0, 0.1) is 6.92 Å². The summed E-state index contributed by atoms with van der Waals surface area (Å²) >= 11 is 0. The Morgan fingerprint density at radius 1 is 1.29 bits per heavy atom. The highest BCUT2D eigenvalue weighted by molar-refractivity contribution is 5.35. The van der Waals surface area contributed by atoms with Crippen molar-refractivity contribution in [2.45, 2.75) is 38.8 Å². The molecule has 4 heteroatoms. The molecule has 118 valence electrons. The number of aliphatic hydroxyl groups is 1. The number of hydrogen-bond donors (Lipinski definition) is 2. The number of likely N-dealkylation sites (tertiary alicyclic amines) is 1. The van der Waals surface area contributed by atoms with Gasteiger partial charge in [-0.2, -0.15) is 0 Å². The number of rotatable bonds is 6. The largest absolute Gasteiger partial charge is 0.508 e. The molecule has 0 spiro atoms. The fourth-order valence-electron chi connectivity index (χ4n) is 3.10. The van der Waals surface area contributed by atoms with Crippen LogP contribution in [0.3, 0.4) is 0 Å². The lowest BCUT2D eigenvalue weighted by Crippen LogP contribution is -2.43. The average Bonchev–Trinajstić information content (AvgIpc) is 2.49. The Morgan fingerprint density at radius 2 is 2.00 bits per heavy atom. The minimum Gasteiger partial charge on any atom is -0.508 e. The van der Waals surface area contributed by atoms with Crippen LogP contribution in [-0.2, 0) is 6.54 Å². The Kier molecular flexibility index (Phi) is 6.03. The Balaban J connectivity index is 1.82. The summed E-state index contributed by atoms with van der Waals surface area (Å²) in [4.78, 5) is 4.79. The molecule has 1 aromatic carbocycles. The predicted octanol–water partition coefficient (Wildman–Crippen LogP) is 1.98. The maximum Gasteiger partial charge on any atom is 0.120 e. The van der Waals surface area contributed by atoms with Gasteiger partial charge in [-0.25, -0.2) is 0 Å². The van der Waals surface area contributed by atoms with E-state index in [4.69, 9.17) is 5.11 Å². The number of hydrogen-bond acceptors (Lipinski definition) is 4. The molecule has 1 saturated heterocycles. The van der Waals surface area contributed by atoms with Gasteiger partial charge in [0.25, 0.3) is 0 Å². The standard InChI is InChI=1S/C17H28N2O2/c1-14-4-5-17(21)15(12-14)13-19-9-6-16(7-10-19)18(2)8-3-11-20/h4-5,12,16,20-21H,3,6-11,13H2,1-2H3. The fourth-order valence-corrected chi connectivity index (χ4v) is 3.10. The number of phenolic OH excluding ortho intramolecular Hbond substituents is 1. The Labute approximate surface area is 128 Å². The van der Waals surface area contributed by atoms with Crippen molar-refractivity contribution >= 4 is 0 Å². The average molecular weight is 292 g/mol. The first-order valence-electron chi connectivity index (χ1n) is 7.92. The molecule has 0 aromatic heterocycles. The van der Waals surface area contributed by atoms with Crippen LogP contribution in [0.2, 0.25) is 0 Å². The topological polar surface area (TPSA) is 46.9 Å². The molecule has 0 amide bonds. The zero-order valence-corrected chi connectivity index (χ0v) is 13.3. The highest BCUT2D eigenvalue weighted by Gasteiger charge is 2.22. The van der Waals surface area contributed by atoms with Gasteiger partial charge in [0.1, 0.15) is 5.75 Å². The van der Waals surface area contributed by atoms with Crippen LogP contribution in [0.15, 0.2) is 18.2 Å². The lowest BCUT2D eigenvalue weighted by atomic mass is 10.0. The molecule has 0 bridgehead atoms. The summed E-state index contributed by atoms with van der Waals surface area (Å²) in [6, 6.07) is 6.44. The minimum absolute atomic E-state index is 0.274. The third kappa shape index (κ3) is 4.70. The summed E-state index contributed by atoms with van der Waals surface area (Å²) in [5.41, 5.74) is 2.23. The van der Waals surface area contributed by atoms with Crippen LogP contribution >= 0.6 is 0 Å². The maximum atomic E-state index is 9.94. The number of nitrogens with zero attached hydrogens (tertiary/aromatic N) is 2. The van der Waals surface area contributed by atoms with E-state index in [-0.39, 0.29) is 6.61 Å². The van der Waals surface area contributed by atoms with Crippen molar-refractivity contribution in [3.8, 4) is 5.75 Å². The van der Waals surface area contributed by atoms with Crippen LogP contribution in [-0.4, -0.2) is 59.3 Å². The van der Waals surface area contributed by atoms with Crippen molar-refractivity contribution in [2.24, 2.45) is 0 Å². The van der Waals surface area contributed by atoms with E-state index in [2.05, 4.69) is 29.8 Å². The van der Waals surface area contributed by atoms with Gasteiger partial charge in [-0.15, -0.1) is 0 Å². The zero-order valence-electron chi connectivity index (χ0n) is 13.3. The molecule has 1 aromatic rings. The molecular weight excluding hydrogens is 264 g/mol. The molecule has 2 rings (SSSR count). The molecule has 1 aliphatic heterocycles. The molecular formula is C17H28N2O2. The number of aliphatic hydroxyl groups excluding tert-OH is 1. The zero-order chi connectivity index (χ0) is 15.2.